The first-order valence-electron chi connectivity index (χ1n) is 5.94. The van der Waals surface area contributed by atoms with Crippen LogP contribution in [0.2, 0.25) is 0 Å². The number of rotatable bonds is 3. The molecular formula is C12H12F3NO3S. The van der Waals surface area contributed by atoms with Crippen LogP contribution in [0.3, 0.4) is 0 Å². The van der Waals surface area contributed by atoms with Gasteiger partial charge in [-0.2, -0.15) is 13.2 Å². The summed E-state index contributed by atoms with van der Waals surface area (Å²) in [6.45, 7) is 0. The summed E-state index contributed by atoms with van der Waals surface area (Å²) < 4.78 is 62.7. The lowest BCUT2D eigenvalue weighted by atomic mass is 9.85. The third-order valence-electron chi connectivity index (χ3n) is 3.20. The monoisotopic (exact) mass is 307 g/mol. The minimum Gasteiger partial charge on any atom is -0.274 e. The number of alkyl halides is 3. The fourth-order valence-corrected chi connectivity index (χ4v) is 2.81. The van der Waals surface area contributed by atoms with Crippen molar-refractivity contribution in [2.45, 2.75) is 30.3 Å². The third-order valence-corrected chi connectivity index (χ3v) is 4.57. The van der Waals surface area contributed by atoms with Crippen LogP contribution < -0.4 is 4.72 Å². The molecule has 8 heteroatoms. The SMILES string of the molecule is O=C(NS(=O)(=O)c1ccc(C(F)(F)F)cc1)C1CCC1. The number of halogens is 3. The quantitative estimate of drug-likeness (QED) is 0.932. The molecule has 0 unspecified atom stereocenters. The highest BCUT2D eigenvalue weighted by molar-refractivity contribution is 7.90. The molecule has 0 bridgehead atoms. The summed E-state index contributed by atoms with van der Waals surface area (Å²) in [5, 5.41) is 0. The number of amides is 1. The van der Waals surface area contributed by atoms with E-state index in [1.54, 1.807) is 0 Å². The zero-order valence-corrected chi connectivity index (χ0v) is 11.1. The maximum absolute atomic E-state index is 12.4. The molecule has 2 rings (SSSR count). The molecule has 1 amide bonds. The molecule has 0 spiro atoms. The Morgan fingerprint density at radius 3 is 2.10 bits per heavy atom. The van der Waals surface area contributed by atoms with Crippen molar-refractivity contribution in [2.24, 2.45) is 5.92 Å². The molecule has 0 radical (unpaired) electrons. The molecule has 110 valence electrons. The van der Waals surface area contributed by atoms with Crippen LogP contribution in [0, 0.1) is 5.92 Å². The average molecular weight is 307 g/mol. The van der Waals surface area contributed by atoms with Crippen LogP contribution in [0.4, 0.5) is 13.2 Å². The predicted molar refractivity (Wildman–Crippen MR) is 64.1 cm³/mol. The highest BCUT2D eigenvalue weighted by Gasteiger charge is 2.32. The van der Waals surface area contributed by atoms with Crippen molar-refractivity contribution < 1.29 is 26.4 Å². The molecule has 1 aliphatic rings. The number of hydrogen-bond acceptors (Lipinski definition) is 3. The summed E-state index contributed by atoms with van der Waals surface area (Å²) in [5.41, 5.74) is -0.943. The Bertz CT molecular complexity index is 604. The predicted octanol–water partition coefficient (Wildman–Crippen LogP) is 2.31. The molecule has 20 heavy (non-hydrogen) atoms. The van der Waals surface area contributed by atoms with Crippen LogP contribution in [0.1, 0.15) is 24.8 Å². The van der Waals surface area contributed by atoms with E-state index in [0.29, 0.717) is 25.0 Å². The minimum absolute atomic E-state index is 0.320. The second-order valence-electron chi connectivity index (χ2n) is 4.62. The van der Waals surface area contributed by atoms with Gasteiger partial charge in [-0.15, -0.1) is 0 Å². The lowest BCUT2D eigenvalue weighted by Crippen LogP contribution is -2.38. The molecule has 0 aliphatic heterocycles. The van der Waals surface area contributed by atoms with Crippen molar-refractivity contribution in [2.75, 3.05) is 0 Å². The number of sulfonamides is 1. The van der Waals surface area contributed by atoms with Crippen LogP contribution in [0.15, 0.2) is 29.2 Å². The van der Waals surface area contributed by atoms with Gasteiger partial charge in [-0.3, -0.25) is 4.79 Å². The minimum atomic E-state index is -4.53. The Hall–Kier alpha value is -1.57. The maximum Gasteiger partial charge on any atom is 0.416 e. The van der Waals surface area contributed by atoms with Crippen LogP contribution in [-0.4, -0.2) is 14.3 Å². The van der Waals surface area contributed by atoms with Gasteiger partial charge in [0.2, 0.25) is 5.91 Å². The first-order chi connectivity index (χ1) is 9.20. The Labute approximate surface area is 114 Å². The molecule has 0 aromatic heterocycles. The van der Waals surface area contributed by atoms with Gasteiger partial charge in [-0.25, -0.2) is 13.1 Å². The van der Waals surface area contributed by atoms with Crippen LogP contribution in [0.5, 0.6) is 0 Å². The molecule has 1 aromatic carbocycles. The Morgan fingerprint density at radius 2 is 1.70 bits per heavy atom. The summed E-state index contributed by atoms with van der Waals surface area (Å²) in [6, 6.07) is 3.00. The second kappa shape index (κ2) is 5.08. The van der Waals surface area contributed by atoms with E-state index in [-0.39, 0.29) is 10.8 Å². The van der Waals surface area contributed by atoms with E-state index >= 15 is 0 Å². The first-order valence-corrected chi connectivity index (χ1v) is 7.42. The lowest BCUT2D eigenvalue weighted by molar-refractivity contribution is -0.137. The van der Waals surface area contributed by atoms with Gasteiger partial charge in [-0.05, 0) is 37.1 Å². The number of carbonyl (C=O) groups is 1. The van der Waals surface area contributed by atoms with E-state index < -0.39 is 27.7 Å². The number of benzene rings is 1. The lowest BCUT2D eigenvalue weighted by Gasteiger charge is -2.23. The second-order valence-corrected chi connectivity index (χ2v) is 6.30. The summed E-state index contributed by atoms with van der Waals surface area (Å²) in [5.74, 6) is -0.921. The molecule has 1 fully saturated rings. The van der Waals surface area contributed by atoms with Crippen molar-refractivity contribution in [3.05, 3.63) is 29.8 Å². The molecular weight excluding hydrogens is 295 g/mol. The normalized spacial score (nSPS) is 16.6. The molecule has 0 atom stereocenters. The van der Waals surface area contributed by atoms with E-state index in [1.807, 2.05) is 4.72 Å². The van der Waals surface area contributed by atoms with Gasteiger partial charge in [0.05, 0.1) is 10.5 Å². The Balaban J connectivity index is 2.15. The first kappa shape index (κ1) is 14.8. The van der Waals surface area contributed by atoms with Crippen molar-refractivity contribution in [3.8, 4) is 0 Å². The van der Waals surface area contributed by atoms with Gasteiger partial charge >= 0.3 is 6.18 Å². The van der Waals surface area contributed by atoms with E-state index in [9.17, 15) is 26.4 Å². The zero-order valence-electron chi connectivity index (χ0n) is 10.3. The van der Waals surface area contributed by atoms with Gasteiger partial charge in [0.25, 0.3) is 10.0 Å². The summed E-state index contributed by atoms with van der Waals surface area (Å²) in [6.07, 6.45) is -2.39. The molecule has 0 heterocycles. The number of nitrogens with one attached hydrogen (secondary N) is 1. The van der Waals surface area contributed by atoms with Crippen molar-refractivity contribution in [3.63, 3.8) is 0 Å². The van der Waals surface area contributed by atoms with Crippen LogP contribution in [0.25, 0.3) is 0 Å². The van der Waals surface area contributed by atoms with Crippen molar-refractivity contribution in [1.29, 1.82) is 0 Å². The Kier molecular flexibility index (Phi) is 3.77. The fraction of sp³-hybridized carbons (Fsp3) is 0.417. The fourth-order valence-electron chi connectivity index (χ4n) is 1.77. The van der Waals surface area contributed by atoms with Crippen molar-refractivity contribution >= 4 is 15.9 Å². The van der Waals surface area contributed by atoms with Crippen LogP contribution in [-0.2, 0) is 21.0 Å². The summed E-state index contributed by atoms with van der Waals surface area (Å²) in [7, 11) is -4.11. The van der Waals surface area contributed by atoms with Gasteiger partial charge in [0.1, 0.15) is 0 Å². The van der Waals surface area contributed by atoms with Crippen LogP contribution >= 0.6 is 0 Å². The standard InChI is InChI=1S/C12H12F3NO3S/c13-12(14,15)9-4-6-10(7-5-9)20(18,19)16-11(17)8-2-1-3-8/h4-8H,1-3H2,(H,16,17). The van der Waals surface area contributed by atoms with E-state index in [0.717, 1.165) is 18.6 Å². The number of hydrogen-bond donors (Lipinski definition) is 1. The third kappa shape index (κ3) is 3.12. The zero-order chi connectivity index (χ0) is 15.0. The van der Waals surface area contributed by atoms with Gasteiger partial charge < -0.3 is 0 Å². The topological polar surface area (TPSA) is 63.2 Å². The van der Waals surface area contributed by atoms with E-state index in [2.05, 4.69) is 0 Å². The summed E-state index contributed by atoms with van der Waals surface area (Å²) >= 11 is 0. The molecule has 1 saturated carbocycles. The maximum atomic E-state index is 12.4. The van der Waals surface area contributed by atoms with Gasteiger partial charge in [-0.1, -0.05) is 6.42 Å². The highest BCUT2D eigenvalue weighted by atomic mass is 32.2. The Morgan fingerprint density at radius 1 is 1.15 bits per heavy atom. The average Bonchev–Trinajstić information content (AvgIpc) is 2.24. The smallest absolute Gasteiger partial charge is 0.274 e. The van der Waals surface area contributed by atoms with E-state index in [4.69, 9.17) is 0 Å². The van der Waals surface area contributed by atoms with E-state index in [1.165, 1.54) is 0 Å². The van der Waals surface area contributed by atoms with Crippen molar-refractivity contribution in [1.82, 2.24) is 4.72 Å². The molecule has 4 nitrogen and oxygen atoms in total. The molecule has 1 aliphatic carbocycles. The largest absolute Gasteiger partial charge is 0.416 e. The highest BCUT2D eigenvalue weighted by Crippen LogP contribution is 2.30. The number of carbonyl (C=O) groups excluding carboxylic acids is 1. The van der Waals surface area contributed by atoms with Gasteiger partial charge in [0, 0.05) is 5.92 Å². The van der Waals surface area contributed by atoms with Gasteiger partial charge in [0.15, 0.2) is 0 Å². The molecule has 1 aromatic rings. The molecule has 1 N–H and O–H groups in total. The molecule has 0 saturated heterocycles. The summed E-state index contributed by atoms with van der Waals surface area (Å²) in [4.78, 5) is 11.2.